The molecule has 39 heavy (non-hydrogen) atoms. The summed E-state index contributed by atoms with van der Waals surface area (Å²) in [5.74, 6) is 0. The van der Waals surface area contributed by atoms with Crippen molar-refractivity contribution in [3.8, 4) is 33.4 Å². The van der Waals surface area contributed by atoms with E-state index in [0.717, 1.165) is 11.4 Å². The number of nitrogens with one attached hydrogen (secondary N) is 1. The van der Waals surface area contributed by atoms with Gasteiger partial charge in [0.1, 0.15) is 0 Å². The minimum atomic E-state index is 0.0678. The molecule has 0 saturated carbocycles. The van der Waals surface area contributed by atoms with Crippen molar-refractivity contribution in [2.45, 2.75) is 26.2 Å². The molecule has 0 bridgehead atoms. The summed E-state index contributed by atoms with van der Waals surface area (Å²) in [6.07, 6.45) is 0. The quantitative estimate of drug-likeness (QED) is 0.247. The van der Waals surface area contributed by atoms with Gasteiger partial charge in [0.15, 0.2) is 0 Å². The molecule has 6 aromatic carbocycles. The molecule has 1 N–H and O–H groups in total. The topological polar surface area (TPSA) is 12.0 Å². The van der Waals surface area contributed by atoms with Crippen molar-refractivity contribution >= 4 is 22.1 Å². The van der Waals surface area contributed by atoms with Crippen molar-refractivity contribution < 1.29 is 0 Å². The van der Waals surface area contributed by atoms with Gasteiger partial charge in [-0.3, -0.25) is 0 Å². The number of fused-ring (bicyclic) bond motifs is 1. The first-order chi connectivity index (χ1) is 19.0. The number of benzene rings is 6. The molecule has 190 valence electrons. The van der Waals surface area contributed by atoms with E-state index >= 15 is 0 Å². The van der Waals surface area contributed by atoms with E-state index in [1.807, 2.05) is 0 Å². The van der Waals surface area contributed by atoms with Gasteiger partial charge in [-0.05, 0) is 67.8 Å². The molecule has 0 aromatic heterocycles. The second-order valence-electron chi connectivity index (χ2n) is 11.1. The lowest BCUT2D eigenvalue weighted by Gasteiger charge is -2.24. The molecule has 0 unspecified atom stereocenters. The van der Waals surface area contributed by atoms with Crippen LogP contribution >= 0.6 is 0 Å². The van der Waals surface area contributed by atoms with E-state index in [0.29, 0.717) is 0 Å². The van der Waals surface area contributed by atoms with Crippen molar-refractivity contribution in [3.05, 3.63) is 145 Å². The summed E-state index contributed by atoms with van der Waals surface area (Å²) in [5, 5.41) is 6.19. The number of anilines is 2. The second-order valence-corrected chi connectivity index (χ2v) is 11.1. The summed E-state index contributed by atoms with van der Waals surface area (Å²) in [4.78, 5) is 0. The predicted octanol–water partition coefficient (Wildman–Crippen LogP) is 10.9. The van der Waals surface area contributed by atoms with Crippen molar-refractivity contribution in [3.63, 3.8) is 0 Å². The highest BCUT2D eigenvalue weighted by molar-refractivity contribution is 6.05. The first kappa shape index (κ1) is 24.7. The van der Waals surface area contributed by atoms with Crippen LogP contribution in [0.5, 0.6) is 0 Å². The van der Waals surface area contributed by atoms with Gasteiger partial charge in [0.05, 0.1) is 0 Å². The summed E-state index contributed by atoms with van der Waals surface area (Å²) in [5.41, 5.74) is 11.1. The Hall–Kier alpha value is -4.62. The summed E-state index contributed by atoms with van der Waals surface area (Å²) >= 11 is 0. The lowest BCUT2D eigenvalue weighted by molar-refractivity contribution is 0.592. The normalized spacial score (nSPS) is 11.5. The van der Waals surface area contributed by atoms with E-state index < -0.39 is 0 Å². The van der Waals surface area contributed by atoms with Crippen molar-refractivity contribution in [2.24, 2.45) is 0 Å². The molecule has 0 atom stereocenters. The molecule has 0 spiro atoms. The van der Waals surface area contributed by atoms with Crippen LogP contribution in [0.2, 0.25) is 0 Å². The van der Waals surface area contributed by atoms with Gasteiger partial charge in [0.25, 0.3) is 0 Å². The van der Waals surface area contributed by atoms with Crippen LogP contribution < -0.4 is 5.32 Å². The molecule has 0 amide bonds. The highest BCUT2D eigenvalue weighted by Crippen LogP contribution is 2.40. The lowest BCUT2D eigenvalue weighted by Crippen LogP contribution is -2.12. The fourth-order valence-electron chi connectivity index (χ4n) is 5.51. The van der Waals surface area contributed by atoms with Crippen molar-refractivity contribution in [2.75, 3.05) is 5.32 Å². The number of hydrogen-bond acceptors (Lipinski definition) is 1. The zero-order valence-corrected chi connectivity index (χ0v) is 22.8. The van der Waals surface area contributed by atoms with Crippen LogP contribution in [0.15, 0.2) is 140 Å². The first-order valence-corrected chi connectivity index (χ1v) is 13.6. The van der Waals surface area contributed by atoms with Gasteiger partial charge in [-0.15, -0.1) is 0 Å². The average molecular weight is 504 g/mol. The molecule has 0 aliphatic heterocycles. The zero-order chi connectivity index (χ0) is 26.8. The largest absolute Gasteiger partial charge is 0.355 e. The van der Waals surface area contributed by atoms with Gasteiger partial charge in [0.2, 0.25) is 0 Å². The molecule has 0 radical (unpaired) electrons. The standard InChI is InChI=1S/C38H33N/c1-38(2,3)36-19-11-9-18-35(36)34-26-25-30(32-16-7-8-17-33(32)34)28-21-23-29(24-22-28)39-37-20-12-10-15-31(37)27-13-5-4-6-14-27/h4-26,39H,1-3H3. The van der Waals surface area contributed by atoms with E-state index in [1.165, 1.54) is 49.7 Å². The third kappa shape index (κ3) is 4.96. The van der Waals surface area contributed by atoms with Crippen LogP contribution in [0.25, 0.3) is 44.2 Å². The van der Waals surface area contributed by atoms with Gasteiger partial charge >= 0.3 is 0 Å². The summed E-state index contributed by atoms with van der Waals surface area (Å²) < 4.78 is 0. The molecule has 0 fully saturated rings. The Balaban J connectivity index is 1.36. The summed E-state index contributed by atoms with van der Waals surface area (Å²) in [6.45, 7) is 6.86. The molecule has 0 aliphatic rings. The molecule has 0 aliphatic carbocycles. The number of para-hydroxylation sites is 1. The Morgan fingerprint density at radius 1 is 0.410 bits per heavy atom. The smallest absolute Gasteiger partial charge is 0.0463 e. The SMILES string of the molecule is CC(C)(C)c1ccccc1-c1ccc(-c2ccc(Nc3ccccc3-c3ccccc3)cc2)c2ccccc12. The third-order valence-corrected chi connectivity index (χ3v) is 7.44. The Morgan fingerprint density at radius 3 is 1.67 bits per heavy atom. The van der Waals surface area contributed by atoms with Crippen molar-refractivity contribution in [1.29, 1.82) is 0 Å². The van der Waals surface area contributed by atoms with Gasteiger partial charge in [0, 0.05) is 16.9 Å². The highest BCUT2D eigenvalue weighted by Gasteiger charge is 2.20. The van der Waals surface area contributed by atoms with E-state index in [9.17, 15) is 0 Å². The Kier molecular flexibility index (Phi) is 6.50. The molecular weight excluding hydrogens is 470 g/mol. The van der Waals surface area contributed by atoms with E-state index in [2.05, 4.69) is 166 Å². The van der Waals surface area contributed by atoms with Crippen molar-refractivity contribution in [1.82, 2.24) is 0 Å². The molecular formula is C38H33N. The zero-order valence-electron chi connectivity index (χ0n) is 22.8. The Bertz CT molecular complexity index is 1740. The van der Waals surface area contributed by atoms with E-state index in [-0.39, 0.29) is 5.41 Å². The predicted molar refractivity (Wildman–Crippen MR) is 169 cm³/mol. The molecule has 1 heteroatoms. The first-order valence-electron chi connectivity index (χ1n) is 13.6. The third-order valence-electron chi connectivity index (χ3n) is 7.44. The maximum atomic E-state index is 3.64. The Morgan fingerprint density at radius 2 is 0.949 bits per heavy atom. The summed E-state index contributed by atoms with van der Waals surface area (Å²) in [6, 6.07) is 50.0. The van der Waals surface area contributed by atoms with Crippen LogP contribution in [0.4, 0.5) is 11.4 Å². The fraction of sp³-hybridized carbons (Fsp3) is 0.105. The average Bonchev–Trinajstić information content (AvgIpc) is 2.97. The van der Waals surface area contributed by atoms with Gasteiger partial charge in [-0.2, -0.15) is 0 Å². The van der Waals surface area contributed by atoms with Gasteiger partial charge in [-0.25, -0.2) is 0 Å². The molecule has 6 aromatic rings. The van der Waals surface area contributed by atoms with E-state index in [1.54, 1.807) is 0 Å². The van der Waals surface area contributed by atoms with Crippen LogP contribution in [0.3, 0.4) is 0 Å². The maximum Gasteiger partial charge on any atom is 0.0463 e. The molecule has 6 rings (SSSR count). The summed E-state index contributed by atoms with van der Waals surface area (Å²) in [7, 11) is 0. The van der Waals surface area contributed by atoms with Crippen LogP contribution in [-0.4, -0.2) is 0 Å². The number of hydrogen-bond donors (Lipinski definition) is 1. The molecule has 0 heterocycles. The van der Waals surface area contributed by atoms with Crippen LogP contribution in [0, 0.1) is 0 Å². The van der Waals surface area contributed by atoms with Crippen LogP contribution in [-0.2, 0) is 5.41 Å². The fourth-order valence-corrected chi connectivity index (χ4v) is 5.51. The maximum absolute atomic E-state index is 3.64. The number of rotatable bonds is 5. The lowest BCUT2D eigenvalue weighted by atomic mass is 9.80. The minimum absolute atomic E-state index is 0.0678. The van der Waals surface area contributed by atoms with Gasteiger partial charge in [-0.1, -0.05) is 142 Å². The Labute approximate surface area is 231 Å². The minimum Gasteiger partial charge on any atom is -0.355 e. The van der Waals surface area contributed by atoms with E-state index in [4.69, 9.17) is 0 Å². The molecule has 0 saturated heterocycles. The second kappa shape index (κ2) is 10.3. The highest BCUT2D eigenvalue weighted by atomic mass is 14.9. The monoisotopic (exact) mass is 503 g/mol. The molecule has 1 nitrogen and oxygen atoms in total. The van der Waals surface area contributed by atoms with Gasteiger partial charge < -0.3 is 5.32 Å². The van der Waals surface area contributed by atoms with Crippen LogP contribution in [0.1, 0.15) is 26.3 Å².